The van der Waals surface area contributed by atoms with E-state index in [0.29, 0.717) is 18.2 Å². The second-order valence-corrected chi connectivity index (χ2v) is 4.37. The van der Waals surface area contributed by atoms with Crippen molar-refractivity contribution in [1.82, 2.24) is 14.7 Å². The van der Waals surface area contributed by atoms with Crippen molar-refractivity contribution in [3.8, 4) is 0 Å². The molecule has 1 unspecified atom stereocenters. The number of hydrogen-bond donors (Lipinski definition) is 1. The molecule has 92 valence electrons. The molecule has 0 saturated carbocycles. The van der Waals surface area contributed by atoms with Crippen LogP contribution in [0.25, 0.3) is 0 Å². The Balaban J connectivity index is 2.79. The summed E-state index contributed by atoms with van der Waals surface area (Å²) in [4.78, 5) is 2.02. The average Bonchev–Trinajstić information content (AvgIpc) is 2.55. The second-order valence-electron chi connectivity index (χ2n) is 3.96. The maximum absolute atomic E-state index is 6.09. The number of nitrogens with two attached hydrogens (primary N) is 1. The Morgan fingerprint density at radius 2 is 2.31 bits per heavy atom. The molecule has 0 saturated heterocycles. The Bertz CT molecular complexity index is 327. The third kappa shape index (κ3) is 3.45. The Morgan fingerprint density at radius 1 is 1.62 bits per heavy atom. The summed E-state index contributed by atoms with van der Waals surface area (Å²) in [6.45, 7) is 2.00. The van der Waals surface area contributed by atoms with E-state index in [1.807, 2.05) is 19.0 Å². The summed E-state index contributed by atoms with van der Waals surface area (Å²) in [5.74, 6) is 0. The molecule has 0 spiro atoms. The molecule has 5 nitrogen and oxygen atoms in total. The third-order valence-corrected chi connectivity index (χ3v) is 2.54. The third-order valence-electron chi connectivity index (χ3n) is 2.25. The quantitative estimate of drug-likeness (QED) is 0.805. The van der Waals surface area contributed by atoms with Crippen LogP contribution in [0.1, 0.15) is 11.7 Å². The molecule has 0 aliphatic heterocycles. The first-order valence-corrected chi connectivity index (χ1v) is 5.54. The maximum Gasteiger partial charge on any atom is 0.0834 e. The van der Waals surface area contributed by atoms with Crippen molar-refractivity contribution in [3.63, 3.8) is 0 Å². The van der Waals surface area contributed by atoms with Crippen LogP contribution in [0.2, 0.25) is 5.02 Å². The first-order chi connectivity index (χ1) is 7.56. The molecule has 0 amide bonds. The number of aromatic nitrogens is 2. The summed E-state index contributed by atoms with van der Waals surface area (Å²) in [5.41, 5.74) is 6.95. The van der Waals surface area contributed by atoms with Gasteiger partial charge in [0, 0.05) is 13.7 Å². The highest BCUT2D eigenvalue weighted by molar-refractivity contribution is 6.31. The van der Waals surface area contributed by atoms with E-state index in [4.69, 9.17) is 22.1 Å². The molecule has 16 heavy (non-hydrogen) atoms. The highest BCUT2D eigenvalue weighted by Crippen LogP contribution is 2.21. The largest absolute Gasteiger partial charge is 0.383 e. The van der Waals surface area contributed by atoms with Crippen molar-refractivity contribution < 1.29 is 4.74 Å². The summed E-state index contributed by atoms with van der Waals surface area (Å²) in [6, 6.07) is -0.137. The van der Waals surface area contributed by atoms with Crippen molar-refractivity contribution in [2.45, 2.75) is 12.6 Å². The number of likely N-dealkylation sites (N-methyl/N-ethyl adjacent to an activating group) is 1. The lowest BCUT2D eigenvalue weighted by Crippen LogP contribution is -2.28. The summed E-state index contributed by atoms with van der Waals surface area (Å²) in [7, 11) is 5.61. The molecule has 0 radical (unpaired) electrons. The summed E-state index contributed by atoms with van der Waals surface area (Å²) in [5, 5.41) is 4.80. The number of nitrogens with zero attached hydrogens (tertiary/aromatic N) is 3. The zero-order valence-electron chi connectivity index (χ0n) is 9.98. The van der Waals surface area contributed by atoms with Crippen LogP contribution >= 0.6 is 11.6 Å². The van der Waals surface area contributed by atoms with Crippen LogP contribution < -0.4 is 5.73 Å². The summed E-state index contributed by atoms with van der Waals surface area (Å²) >= 11 is 6.08. The smallest absolute Gasteiger partial charge is 0.0834 e. The first-order valence-electron chi connectivity index (χ1n) is 5.16. The SMILES string of the molecule is COCCn1ncc(Cl)c1C(N)CN(C)C. The molecule has 1 rings (SSSR count). The van der Waals surface area contributed by atoms with Crippen LogP contribution in [0.5, 0.6) is 0 Å². The first kappa shape index (κ1) is 13.4. The van der Waals surface area contributed by atoms with Gasteiger partial charge in [-0.3, -0.25) is 4.68 Å². The minimum Gasteiger partial charge on any atom is -0.383 e. The Kier molecular flexibility index (Phi) is 5.21. The van der Waals surface area contributed by atoms with Gasteiger partial charge in [-0.15, -0.1) is 0 Å². The maximum atomic E-state index is 6.09. The molecule has 0 aliphatic carbocycles. The molecule has 1 atom stereocenters. The van der Waals surface area contributed by atoms with E-state index in [1.165, 1.54) is 0 Å². The molecular weight excluding hydrogens is 228 g/mol. The van der Waals surface area contributed by atoms with Gasteiger partial charge in [0.2, 0.25) is 0 Å². The number of rotatable bonds is 6. The molecule has 0 fully saturated rings. The van der Waals surface area contributed by atoms with Gasteiger partial charge in [-0.25, -0.2) is 0 Å². The normalized spacial score (nSPS) is 13.4. The van der Waals surface area contributed by atoms with E-state index in [0.717, 1.165) is 12.2 Å². The Labute approximate surface area is 101 Å². The van der Waals surface area contributed by atoms with E-state index in [-0.39, 0.29) is 6.04 Å². The Morgan fingerprint density at radius 3 is 2.88 bits per heavy atom. The lowest BCUT2D eigenvalue weighted by atomic mass is 10.2. The monoisotopic (exact) mass is 246 g/mol. The predicted octanol–water partition coefficient (Wildman–Crippen LogP) is 0.744. The lowest BCUT2D eigenvalue weighted by Gasteiger charge is -2.18. The highest BCUT2D eigenvalue weighted by Gasteiger charge is 2.17. The second kappa shape index (κ2) is 6.20. The van der Waals surface area contributed by atoms with Gasteiger partial charge in [0.05, 0.1) is 36.1 Å². The van der Waals surface area contributed by atoms with Crippen LogP contribution in [-0.2, 0) is 11.3 Å². The topological polar surface area (TPSA) is 56.3 Å². The van der Waals surface area contributed by atoms with Crippen molar-refractivity contribution in [2.24, 2.45) is 5.73 Å². The van der Waals surface area contributed by atoms with Crippen LogP contribution in [-0.4, -0.2) is 49.0 Å². The van der Waals surface area contributed by atoms with Gasteiger partial charge in [-0.05, 0) is 14.1 Å². The lowest BCUT2D eigenvalue weighted by molar-refractivity contribution is 0.181. The van der Waals surface area contributed by atoms with Crippen molar-refractivity contribution in [3.05, 3.63) is 16.9 Å². The van der Waals surface area contributed by atoms with Crippen LogP contribution in [0.4, 0.5) is 0 Å². The zero-order chi connectivity index (χ0) is 12.1. The minimum atomic E-state index is -0.137. The standard InChI is InChI=1S/C10H19ClN4O/c1-14(2)7-9(12)10-8(11)6-13-15(10)4-5-16-3/h6,9H,4-5,7,12H2,1-3H3. The van der Waals surface area contributed by atoms with Crippen LogP contribution in [0.3, 0.4) is 0 Å². The minimum absolute atomic E-state index is 0.137. The number of methoxy groups -OCH3 is 1. The molecule has 0 aromatic carbocycles. The van der Waals surface area contributed by atoms with Crippen molar-refractivity contribution in [2.75, 3.05) is 34.4 Å². The molecule has 2 N–H and O–H groups in total. The fraction of sp³-hybridized carbons (Fsp3) is 0.700. The predicted molar refractivity (Wildman–Crippen MR) is 64.6 cm³/mol. The molecule has 1 aromatic heterocycles. The van der Waals surface area contributed by atoms with Crippen molar-refractivity contribution >= 4 is 11.6 Å². The number of halogens is 1. The molecule has 1 heterocycles. The van der Waals surface area contributed by atoms with E-state index < -0.39 is 0 Å². The van der Waals surface area contributed by atoms with Crippen LogP contribution in [0.15, 0.2) is 6.20 Å². The van der Waals surface area contributed by atoms with Gasteiger partial charge < -0.3 is 15.4 Å². The molecule has 0 aliphatic rings. The van der Waals surface area contributed by atoms with E-state index in [9.17, 15) is 0 Å². The van der Waals surface area contributed by atoms with Gasteiger partial charge in [-0.2, -0.15) is 5.10 Å². The summed E-state index contributed by atoms with van der Waals surface area (Å²) in [6.07, 6.45) is 1.63. The Hall–Kier alpha value is -0.620. The fourth-order valence-electron chi connectivity index (χ4n) is 1.58. The van der Waals surface area contributed by atoms with Gasteiger partial charge in [-0.1, -0.05) is 11.6 Å². The zero-order valence-corrected chi connectivity index (χ0v) is 10.7. The highest BCUT2D eigenvalue weighted by atomic mass is 35.5. The van der Waals surface area contributed by atoms with Gasteiger partial charge in [0.25, 0.3) is 0 Å². The van der Waals surface area contributed by atoms with E-state index in [2.05, 4.69) is 5.10 Å². The number of hydrogen-bond acceptors (Lipinski definition) is 4. The average molecular weight is 247 g/mol. The number of ether oxygens (including phenoxy) is 1. The molecule has 6 heteroatoms. The van der Waals surface area contributed by atoms with Crippen molar-refractivity contribution in [1.29, 1.82) is 0 Å². The van der Waals surface area contributed by atoms with E-state index >= 15 is 0 Å². The molecule has 0 bridgehead atoms. The summed E-state index contributed by atoms with van der Waals surface area (Å²) < 4.78 is 6.82. The fourth-order valence-corrected chi connectivity index (χ4v) is 1.86. The van der Waals surface area contributed by atoms with Gasteiger partial charge in [0.1, 0.15) is 0 Å². The molecule has 1 aromatic rings. The van der Waals surface area contributed by atoms with Gasteiger partial charge in [0.15, 0.2) is 0 Å². The van der Waals surface area contributed by atoms with E-state index in [1.54, 1.807) is 18.0 Å². The van der Waals surface area contributed by atoms with Gasteiger partial charge >= 0.3 is 0 Å². The van der Waals surface area contributed by atoms with Crippen LogP contribution in [0, 0.1) is 0 Å². The molecular formula is C10H19ClN4O.